The summed E-state index contributed by atoms with van der Waals surface area (Å²) in [5.74, 6) is 1.03. The topological polar surface area (TPSA) is 38.5 Å². The number of hydrogen-bond donors (Lipinski definition) is 1. The van der Waals surface area contributed by atoms with Gasteiger partial charge in [-0.2, -0.15) is 0 Å². The molecule has 118 valence electrons. The molecule has 1 fully saturated rings. The molecule has 0 unspecified atom stereocenters. The number of anilines is 1. The van der Waals surface area contributed by atoms with Crippen molar-refractivity contribution in [1.29, 1.82) is 0 Å². The number of hydrogen-bond acceptors (Lipinski definition) is 3. The molecule has 3 nitrogen and oxygen atoms in total. The summed E-state index contributed by atoms with van der Waals surface area (Å²) < 4.78 is 6.02. The fourth-order valence-corrected chi connectivity index (χ4v) is 2.87. The quantitative estimate of drug-likeness (QED) is 0.736. The Morgan fingerprint density at radius 3 is 2.57 bits per heavy atom. The molecule has 2 rings (SSSR count). The van der Waals surface area contributed by atoms with Crippen molar-refractivity contribution < 1.29 is 4.74 Å². The van der Waals surface area contributed by atoms with E-state index in [1.165, 1.54) is 31.4 Å². The fraction of sp³-hybridized carbons (Fsp3) is 0.667. The van der Waals surface area contributed by atoms with Gasteiger partial charge < -0.3 is 15.4 Å². The number of ether oxygens (including phenoxy) is 1. The van der Waals surface area contributed by atoms with E-state index >= 15 is 0 Å². The van der Waals surface area contributed by atoms with E-state index in [-0.39, 0.29) is 0 Å². The van der Waals surface area contributed by atoms with E-state index in [2.05, 4.69) is 36.1 Å². The second kappa shape index (κ2) is 8.93. The van der Waals surface area contributed by atoms with Gasteiger partial charge in [-0.25, -0.2) is 0 Å². The van der Waals surface area contributed by atoms with Crippen LogP contribution in [0.2, 0.25) is 0 Å². The normalized spacial score (nSPS) is 16.2. The predicted octanol–water partition coefficient (Wildman–Crippen LogP) is 3.96. The van der Waals surface area contributed by atoms with Crippen LogP contribution in [0.5, 0.6) is 5.75 Å². The Balaban J connectivity index is 1.82. The molecule has 1 aliphatic rings. The van der Waals surface area contributed by atoms with Crippen molar-refractivity contribution in [3.05, 3.63) is 24.3 Å². The molecule has 0 aliphatic carbocycles. The smallest absolute Gasteiger partial charge is 0.142 e. The van der Waals surface area contributed by atoms with Crippen molar-refractivity contribution in [2.45, 2.75) is 57.9 Å². The van der Waals surface area contributed by atoms with E-state index in [1.54, 1.807) is 0 Å². The van der Waals surface area contributed by atoms with Crippen LogP contribution in [0.4, 0.5) is 5.69 Å². The third-order valence-electron chi connectivity index (χ3n) is 4.25. The van der Waals surface area contributed by atoms with Crippen molar-refractivity contribution in [1.82, 2.24) is 0 Å². The first-order valence-corrected chi connectivity index (χ1v) is 8.53. The Morgan fingerprint density at radius 2 is 1.81 bits per heavy atom. The van der Waals surface area contributed by atoms with Crippen LogP contribution in [0.25, 0.3) is 0 Å². The molecular weight excluding hydrogens is 260 g/mol. The minimum Gasteiger partial charge on any atom is -0.491 e. The molecule has 1 aromatic rings. The summed E-state index contributed by atoms with van der Waals surface area (Å²) in [7, 11) is 0. The summed E-state index contributed by atoms with van der Waals surface area (Å²) in [6.07, 6.45) is 8.53. The molecule has 2 N–H and O–H groups in total. The summed E-state index contributed by atoms with van der Waals surface area (Å²) in [5.41, 5.74) is 7.23. The van der Waals surface area contributed by atoms with Crippen molar-refractivity contribution in [3.8, 4) is 5.75 Å². The molecule has 0 aromatic heterocycles. The van der Waals surface area contributed by atoms with Crippen LogP contribution >= 0.6 is 0 Å². The molecule has 0 spiro atoms. The molecule has 3 heteroatoms. The van der Waals surface area contributed by atoms with E-state index in [4.69, 9.17) is 10.5 Å². The lowest BCUT2D eigenvalue weighted by molar-refractivity contribution is 0.304. The first kappa shape index (κ1) is 16.2. The van der Waals surface area contributed by atoms with Gasteiger partial charge >= 0.3 is 0 Å². The van der Waals surface area contributed by atoms with Crippen LogP contribution in [0.3, 0.4) is 0 Å². The molecular formula is C18H30N2O. The minimum absolute atomic E-state index is 0.368. The molecule has 1 aromatic carbocycles. The molecule has 1 aliphatic heterocycles. The summed E-state index contributed by atoms with van der Waals surface area (Å²) >= 11 is 0. The first-order valence-electron chi connectivity index (χ1n) is 8.53. The Morgan fingerprint density at radius 1 is 1.10 bits per heavy atom. The van der Waals surface area contributed by atoms with E-state index in [9.17, 15) is 0 Å². The lowest BCUT2D eigenvalue weighted by atomic mass is 10.1. The van der Waals surface area contributed by atoms with Gasteiger partial charge in [-0.1, -0.05) is 44.7 Å². The number of nitrogens with two attached hydrogens (primary N) is 1. The second-order valence-corrected chi connectivity index (χ2v) is 6.05. The van der Waals surface area contributed by atoms with Crippen LogP contribution in [0.15, 0.2) is 24.3 Å². The van der Waals surface area contributed by atoms with Gasteiger partial charge in [0.25, 0.3) is 0 Å². The molecule has 0 saturated carbocycles. The minimum atomic E-state index is 0.368. The molecule has 0 bridgehead atoms. The maximum atomic E-state index is 6.02. The van der Waals surface area contributed by atoms with E-state index < -0.39 is 0 Å². The van der Waals surface area contributed by atoms with Gasteiger partial charge in [0, 0.05) is 19.1 Å². The van der Waals surface area contributed by atoms with Gasteiger partial charge in [-0.3, -0.25) is 0 Å². The average molecular weight is 290 g/mol. The molecule has 1 saturated heterocycles. The van der Waals surface area contributed by atoms with Gasteiger partial charge in [0.2, 0.25) is 0 Å². The molecule has 0 radical (unpaired) electrons. The van der Waals surface area contributed by atoms with Gasteiger partial charge in [-0.05, 0) is 31.4 Å². The van der Waals surface area contributed by atoms with Gasteiger partial charge in [0.1, 0.15) is 5.75 Å². The van der Waals surface area contributed by atoms with Crippen molar-refractivity contribution in [2.75, 3.05) is 24.6 Å². The highest BCUT2D eigenvalue weighted by atomic mass is 16.5. The molecule has 0 amide bonds. The van der Waals surface area contributed by atoms with Crippen LogP contribution in [-0.2, 0) is 0 Å². The summed E-state index contributed by atoms with van der Waals surface area (Å²) in [4.78, 5) is 2.41. The zero-order valence-electron chi connectivity index (χ0n) is 13.4. The Kier molecular flexibility index (Phi) is 6.87. The summed E-state index contributed by atoms with van der Waals surface area (Å²) in [5, 5.41) is 0. The highest BCUT2D eigenvalue weighted by molar-refractivity contribution is 5.58. The third-order valence-corrected chi connectivity index (χ3v) is 4.25. The maximum absolute atomic E-state index is 6.02. The van der Waals surface area contributed by atoms with Crippen molar-refractivity contribution in [2.24, 2.45) is 5.73 Å². The molecule has 21 heavy (non-hydrogen) atoms. The Bertz CT molecular complexity index is 400. The molecule has 0 atom stereocenters. The van der Waals surface area contributed by atoms with Crippen molar-refractivity contribution in [3.63, 3.8) is 0 Å². The Labute approximate surface area is 129 Å². The molecule has 1 heterocycles. The Hall–Kier alpha value is -1.22. The standard InChI is InChI=1S/C18H30N2O/c1-2-3-4-5-8-15-21-18-10-7-6-9-17(18)20-13-11-16(19)12-14-20/h6-7,9-10,16H,2-5,8,11-15,19H2,1H3. The van der Waals surface area contributed by atoms with Gasteiger partial charge in [0.05, 0.1) is 12.3 Å². The first-order chi connectivity index (χ1) is 10.3. The number of para-hydroxylation sites is 2. The zero-order valence-corrected chi connectivity index (χ0v) is 13.4. The number of benzene rings is 1. The zero-order chi connectivity index (χ0) is 14.9. The van der Waals surface area contributed by atoms with Gasteiger partial charge in [0.15, 0.2) is 0 Å². The SMILES string of the molecule is CCCCCCCOc1ccccc1N1CCC(N)CC1. The predicted molar refractivity (Wildman–Crippen MR) is 90.1 cm³/mol. The van der Waals surface area contributed by atoms with Gasteiger partial charge in [-0.15, -0.1) is 0 Å². The lowest BCUT2D eigenvalue weighted by Gasteiger charge is -2.33. The second-order valence-electron chi connectivity index (χ2n) is 6.05. The van der Waals surface area contributed by atoms with Crippen LogP contribution < -0.4 is 15.4 Å². The number of rotatable bonds is 8. The van der Waals surface area contributed by atoms with E-state index in [1.807, 2.05) is 0 Å². The number of unbranched alkanes of at least 4 members (excludes halogenated alkanes) is 4. The highest BCUT2D eigenvalue weighted by Crippen LogP contribution is 2.30. The van der Waals surface area contributed by atoms with Crippen LogP contribution in [-0.4, -0.2) is 25.7 Å². The highest BCUT2D eigenvalue weighted by Gasteiger charge is 2.18. The number of piperidine rings is 1. The van der Waals surface area contributed by atoms with Crippen LogP contribution in [0, 0.1) is 0 Å². The summed E-state index contributed by atoms with van der Waals surface area (Å²) in [6.45, 7) is 5.15. The van der Waals surface area contributed by atoms with Crippen molar-refractivity contribution >= 4 is 5.69 Å². The summed E-state index contributed by atoms with van der Waals surface area (Å²) in [6, 6.07) is 8.79. The van der Waals surface area contributed by atoms with E-state index in [0.29, 0.717) is 6.04 Å². The maximum Gasteiger partial charge on any atom is 0.142 e. The number of nitrogens with zero attached hydrogens (tertiary/aromatic N) is 1. The monoisotopic (exact) mass is 290 g/mol. The lowest BCUT2D eigenvalue weighted by Crippen LogP contribution is -2.39. The average Bonchev–Trinajstić information content (AvgIpc) is 2.52. The van der Waals surface area contributed by atoms with Crippen LogP contribution in [0.1, 0.15) is 51.9 Å². The van der Waals surface area contributed by atoms with E-state index in [0.717, 1.165) is 44.7 Å². The largest absolute Gasteiger partial charge is 0.491 e. The third kappa shape index (κ3) is 5.24. The fourth-order valence-electron chi connectivity index (χ4n) is 2.87.